The first-order valence-corrected chi connectivity index (χ1v) is 8.32. The fourth-order valence-electron chi connectivity index (χ4n) is 2.61. The van der Waals surface area contributed by atoms with Gasteiger partial charge < -0.3 is 4.90 Å². The Morgan fingerprint density at radius 3 is 2.42 bits per heavy atom. The third-order valence-corrected chi connectivity index (χ3v) is 4.02. The topological polar surface area (TPSA) is 50.2 Å². The third kappa shape index (κ3) is 4.08. The molecule has 1 heterocycles. The number of rotatable bonds is 4. The molecule has 26 heavy (non-hydrogen) atoms. The number of hydrogen-bond donors (Lipinski definition) is 1. The molecule has 0 unspecified atom stereocenters. The zero-order chi connectivity index (χ0) is 18.7. The zero-order valence-electron chi connectivity index (χ0n) is 15.0. The highest BCUT2D eigenvalue weighted by Crippen LogP contribution is 2.18. The highest BCUT2D eigenvalue weighted by molar-refractivity contribution is 5.88. The SMILES string of the molecule is Cc1ccc(-n2nc(C)cc2NC(=O)N(C)Cc2ccc(F)cc2)cc1. The quantitative estimate of drug-likeness (QED) is 0.761. The maximum Gasteiger partial charge on any atom is 0.323 e. The summed E-state index contributed by atoms with van der Waals surface area (Å²) in [5.74, 6) is 0.306. The van der Waals surface area contributed by atoms with Crippen molar-refractivity contribution in [1.29, 1.82) is 0 Å². The van der Waals surface area contributed by atoms with Crippen LogP contribution < -0.4 is 5.32 Å². The van der Waals surface area contributed by atoms with Crippen molar-refractivity contribution in [3.63, 3.8) is 0 Å². The van der Waals surface area contributed by atoms with Crippen molar-refractivity contribution >= 4 is 11.8 Å². The van der Waals surface area contributed by atoms with E-state index in [0.717, 1.165) is 22.5 Å². The average molecular weight is 352 g/mol. The molecule has 134 valence electrons. The number of hydrogen-bond acceptors (Lipinski definition) is 2. The number of aromatic nitrogens is 2. The predicted octanol–water partition coefficient (Wildman–Crippen LogP) is 4.29. The second-order valence-electron chi connectivity index (χ2n) is 6.33. The minimum atomic E-state index is -0.293. The predicted molar refractivity (Wildman–Crippen MR) is 99.9 cm³/mol. The molecule has 0 saturated heterocycles. The molecule has 1 N–H and O–H groups in total. The molecule has 0 aliphatic carbocycles. The molecule has 0 aliphatic heterocycles. The van der Waals surface area contributed by atoms with Crippen LogP contribution in [0.25, 0.3) is 5.69 Å². The number of benzene rings is 2. The smallest absolute Gasteiger partial charge is 0.323 e. The van der Waals surface area contributed by atoms with E-state index in [1.54, 1.807) is 23.9 Å². The molecule has 5 nitrogen and oxygen atoms in total. The van der Waals surface area contributed by atoms with Crippen LogP contribution in [0, 0.1) is 19.7 Å². The Morgan fingerprint density at radius 1 is 1.12 bits per heavy atom. The van der Waals surface area contributed by atoms with Gasteiger partial charge >= 0.3 is 6.03 Å². The Labute approximate surface area is 152 Å². The standard InChI is InChI=1S/C20H21FN4O/c1-14-4-10-18(11-5-14)25-19(12-15(2)23-25)22-20(26)24(3)13-16-6-8-17(21)9-7-16/h4-12H,13H2,1-3H3,(H,22,26). The summed E-state index contributed by atoms with van der Waals surface area (Å²) in [5, 5.41) is 7.35. The lowest BCUT2D eigenvalue weighted by Gasteiger charge is -2.18. The number of carbonyl (C=O) groups is 1. The Bertz CT molecular complexity index is 901. The first-order valence-electron chi connectivity index (χ1n) is 8.32. The second-order valence-corrected chi connectivity index (χ2v) is 6.33. The molecule has 2 amide bonds. The van der Waals surface area contributed by atoms with Crippen molar-refractivity contribution < 1.29 is 9.18 Å². The molecule has 0 atom stereocenters. The van der Waals surface area contributed by atoms with E-state index in [4.69, 9.17) is 0 Å². The number of anilines is 1. The largest absolute Gasteiger partial charge is 0.323 e. The summed E-state index contributed by atoms with van der Waals surface area (Å²) in [7, 11) is 1.69. The van der Waals surface area contributed by atoms with Crippen LogP contribution in [0.5, 0.6) is 0 Å². The number of nitrogens with zero attached hydrogens (tertiary/aromatic N) is 3. The molecule has 0 radical (unpaired) electrons. The van der Waals surface area contributed by atoms with Gasteiger partial charge in [-0.2, -0.15) is 5.10 Å². The number of aryl methyl sites for hydroxylation is 2. The van der Waals surface area contributed by atoms with Gasteiger partial charge in [0.15, 0.2) is 0 Å². The monoisotopic (exact) mass is 352 g/mol. The Kier molecular flexibility index (Phi) is 5.02. The van der Waals surface area contributed by atoms with Gasteiger partial charge in [0.25, 0.3) is 0 Å². The summed E-state index contributed by atoms with van der Waals surface area (Å²) in [5.41, 5.74) is 3.69. The summed E-state index contributed by atoms with van der Waals surface area (Å²) >= 11 is 0. The van der Waals surface area contributed by atoms with Crippen LogP contribution in [0.2, 0.25) is 0 Å². The van der Waals surface area contributed by atoms with Gasteiger partial charge in [0.2, 0.25) is 0 Å². The van der Waals surface area contributed by atoms with E-state index in [-0.39, 0.29) is 11.8 Å². The molecule has 0 aliphatic rings. The van der Waals surface area contributed by atoms with Crippen LogP contribution >= 0.6 is 0 Å². The van der Waals surface area contributed by atoms with Crippen molar-refractivity contribution in [2.24, 2.45) is 0 Å². The summed E-state index contributed by atoms with van der Waals surface area (Å²) in [6.07, 6.45) is 0. The lowest BCUT2D eigenvalue weighted by atomic mass is 10.2. The molecule has 0 saturated carbocycles. The van der Waals surface area contributed by atoms with Crippen molar-refractivity contribution in [2.45, 2.75) is 20.4 Å². The van der Waals surface area contributed by atoms with Crippen LogP contribution in [-0.4, -0.2) is 27.8 Å². The Balaban J connectivity index is 1.74. The van der Waals surface area contributed by atoms with Gasteiger partial charge in [-0.25, -0.2) is 13.9 Å². The highest BCUT2D eigenvalue weighted by atomic mass is 19.1. The molecule has 2 aromatic carbocycles. The maximum absolute atomic E-state index is 13.0. The zero-order valence-corrected chi connectivity index (χ0v) is 15.0. The van der Waals surface area contributed by atoms with Gasteiger partial charge in [0.1, 0.15) is 11.6 Å². The summed E-state index contributed by atoms with van der Waals surface area (Å²) in [6.45, 7) is 4.28. The fourth-order valence-corrected chi connectivity index (χ4v) is 2.61. The molecule has 1 aromatic heterocycles. The fraction of sp³-hybridized carbons (Fsp3) is 0.200. The van der Waals surface area contributed by atoms with Gasteiger partial charge in [-0.05, 0) is 43.7 Å². The van der Waals surface area contributed by atoms with E-state index in [0.29, 0.717) is 12.4 Å². The van der Waals surface area contributed by atoms with E-state index in [1.165, 1.54) is 17.0 Å². The van der Waals surface area contributed by atoms with E-state index in [2.05, 4.69) is 10.4 Å². The average Bonchev–Trinajstić information content (AvgIpc) is 2.97. The Hall–Kier alpha value is -3.15. The minimum Gasteiger partial charge on any atom is -0.323 e. The summed E-state index contributed by atoms with van der Waals surface area (Å²) in [6, 6.07) is 15.6. The number of amides is 2. The Morgan fingerprint density at radius 2 is 1.77 bits per heavy atom. The van der Waals surface area contributed by atoms with Gasteiger partial charge in [-0.1, -0.05) is 29.8 Å². The van der Waals surface area contributed by atoms with Gasteiger partial charge in [0, 0.05) is 19.7 Å². The molecular formula is C20H21FN4O. The molecule has 0 spiro atoms. The van der Waals surface area contributed by atoms with Crippen molar-refractivity contribution in [3.8, 4) is 5.69 Å². The van der Waals surface area contributed by atoms with Crippen LogP contribution in [0.15, 0.2) is 54.6 Å². The molecule has 3 aromatic rings. The number of carbonyl (C=O) groups excluding carboxylic acids is 1. The molecule has 3 rings (SSSR count). The van der Waals surface area contributed by atoms with Crippen molar-refractivity contribution in [3.05, 3.63) is 77.2 Å². The van der Waals surface area contributed by atoms with Crippen LogP contribution in [0.3, 0.4) is 0 Å². The van der Waals surface area contributed by atoms with Crippen LogP contribution in [-0.2, 0) is 6.54 Å². The number of halogens is 1. The van der Waals surface area contributed by atoms with E-state index in [1.807, 2.05) is 44.2 Å². The van der Waals surface area contributed by atoms with Crippen molar-refractivity contribution in [1.82, 2.24) is 14.7 Å². The van der Waals surface area contributed by atoms with Crippen LogP contribution in [0.1, 0.15) is 16.8 Å². The number of nitrogens with one attached hydrogen (secondary N) is 1. The third-order valence-electron chi connectivity index (χ3n) is 4.02. The molecule has 6 heteroatoms. The lowest BCUT2D eigenvalue weighted by molar-refractivity contribution is 0.220. The van der Waals surface area contributed by atoms with E-state index < -0.39 is 0 Å². The van der Waals surface area contributed by atoms with Crippen LogP contribution in [0.4, 0.5) is 15.0 Å². The second kappa shape index (κ2) is 7.39. The van der Waals surface area contributed by atoms with Crippen molar-refractivity contribution in [2.75, 3.05) is 12.4 Å². The molecule has 0 bridgehead atoms. The van der Waals surface area contributed by atoms with E-state index in [9.17, 15) is 9.18 Å². The summed E-state index contributed by atoms with van der Waals surface area (Å²) < 4.78 is 14.7. The first kappa shape index (κ1) is 17.7. The molecule has 0 fully saturated rings. The summed E-state index contributed by atoms with van der Waals surface area (Å²) in [4.78, 5) is 14.1. The van der Waals surface area contributed by atoms with E-state index >= 15 is 0 Å². The maximum atomic E-state index is 13.0. The van der Waals surface area contributed by atoms with Gasteiger partial charge in [0.05, 0.1) is 11.4 Å². The highest BCUT2D eigenvalue weighted by Gasteiger charge is 2.14. The first-order chi connectivity index (χ1) is 12.4. The number of urea groups is 1. The van der Waals surface area contributed by atoms with Gasteiger partial charge in [-0.15, -0.1) is 0 Å². The minimum absolute atomic E-state index is 0.261. The normalized spacial score (nSPS) is 10.6. The lowest BCUT2D eigenvalue weighted by Crippen LogP contribution is -2.31. The van der Waals surface area contributed by atoms with Gasteiger partial charge in [-0.3, -0.25) is 5.32 Å². The molecular weight excluding hydrogens is 331 g/mol.